The molecule has 2 rings (SSSR count). The molecule has 0 bridgehead atoms. The van der Waals surface area contributed by atoms with E-state index in [4.69, 9.17) is 10.3 Å². The molecule has 0 fully saturated rings. The fourth-order valence-corrected chi connectivity index (χ4v) is 1.80. The van der Waals surface area contributed by atoms with Gasteiger partial charge in [-0.2, -0.15) is 0 Å². The van der Waals surface area contributed by atoms with Gasteiger partial charge in [0.15, 0.2) is 0 Å². The molecule has 0 aliphatic rings. The third-order valence-electron chi connectivity index (χ3n) is 2.83. The number of rotatable bonds is 5. The van der Waals surface area contributed by atoms with Gasteiger partial charge < -0.3 is 15.2 Å². The van der Waals surface area contributed by atoms with Gasteiger partial charge in [0.2, 0.25) is 0 Å². The Morgan fingerprint density at radius 2 is 2.14 bits per heavy atom. The normalized spacial score (nSPS) is 10.2. The van der Waals surface area contributed by atoms with Gasteiger partial charge in [-0.15, -0.1) is 0 Å². The van der Waals surface area contributed by atoms with Crippen LogP contribution in [0.15, 0.2) is 34.7 Å². The molecule has 1 aromatic carbocycles. The minimum Gasteiger partial charge on any atom is -0.465 e. The first-order chi connectivity index (χ1) is 10.0. The summed E-state index contributed by atoms with van der Waals surface area (Å²) in [5.41, 5.74) is 2.26. The van der Waals surface area contributed by atoms with Gasteiger partial charge in [-0.25, -0.2) is 0 Å². The van der Waals surface area contributed by atoms with Crippen molar-refractivity contribution in [2.75, 3.05) is 5.43 Å². The number of amides is 1. The van der Waals surface area contributed by atoms with Crippen LogP contribution in [0.2, 0.25) is 0 Å². The third-order valence-corrected chi connectivity index (χ3v) is 2.83. The van der Waals surface area contributed by atoms with Crippen LogP contribution in [0.1, 0.15) is 21.9 Å². The highest BCUT2D eigenvalue weighted by Crippen LogP contribution is 2.24. The Labute approximate surface area is 120 Å². The van der Waals surface area contributed by atoms with Crippen LogP contribution in [0, 0.1) is 17.0 Å². The third kappa shape index (κ3) is 3.37. The second-order valence-corrected chi connectivity index (χ2v) is 4.33. The summed E-state index contributed by atoms with van der Waals surface area (Å²) in [4.78, 5) is 22.3. The van der Waals surface area contributed by atoms with Crippen LogP contribution >= 0.6 is 0 Å². The molecule has 0 saturated heterocycles. The minimum atomic E-state index is -0.609. The summed E-state index contributed by atoms with van der Waals surface area (Å²) in [5.74, 6) is 6.10. The number of carbonyl (C=O) groups excluding carboxylic acids is 1. The summed E-state index contributed by atoms with van der Waals surface area (Å²) in [6.07, 6.45) is 0. The predicted molar refractivity (Wildman–Crippen MR) is 75.5 cm³/mol. The van der Waals surface area contributed by atoms with Crippen molar-refractivity contribution in [3.05, 3.63) is 57.5 Å². The standard InChI is InChI=1S/C13H14N4O4/c1-8-2-4-10(21-8)7-15-13(18)9-3-5-11(16-14)12(6-9)17(19)20/h2-6,16H,7,14H2,1H3,(H,15,18). The number of nitrogens with two attached hydrogens (primary N) is 1. The highest BCUT2D eigenvalue weighted by Gasteiger charge is 2.17. The van der Waals surface area contributed by atoms with E-state index in [2.05, 4.69) is 10.7 Å². The Hall–Kier alpha value is -2.87. The lowest BCUT2D eigenvalue weighted by molar-refractivity contribution is -0.384. The fraction of sp³-hybridized carbons (Fsp3) is 0.154. The summed E-state index contributed by atoms with van der Waals surface area (Å²) in [6, 6.07) is 7.53. The molecule has 1 aromatic heterocycles. The van der Waals surface area contributed by atoms with Crippen molar-refractivity contribution in [2.24, 2.45) is 5.84 Å². The van der Waals surface area contributed by atoms with Gasteiger partial charge in [0, 0.05) is 11.6 Å². The Morgan fingerprint density at radius 3 is 2.71 bits per heavy atom. The summed E-state index contributed by atoms with van der Waals surface area (Å²) >= 11 is 0. The Bertz CT molecular complexity index is 681. The Balaban J connectivity index is 2.12. The lowest BCUT2D eigenvalue weighted by Crippen LogP contribution is -2.22. The quantitative estimate of drug-likeness (QED) is 0.437. The maximum atomic E-state index is 12.0. The van der Waals surface area contributed by atoms with Crippen LogP contribution in [-0.4, -0.2) is 10.8 Å². The maximum Gasteiger partial charge on any atom is 0.294 e. The van der Waals surface area contributed by atoms with Crippen LogP contribution in [0.4, 0.5) is 11.4 Å². The van der Waals surface area contributed by atoms with Crippen molar-refractivity contribution in [1.82, 2.24) is 5.32 Å². The molecule has 1 heterocycles. The molecule has 0 radical (unpaired) electrons. The monoisotopic (exact) mass is 290 g/mol. The number of anilines is 1. The van der Waals surface area contributed by atoms with Crippen molar-refractivity contribution >= 4 is 17.3 Å². The molecule has 0 saturated carbocycles. The largest absolute Gasteiger partial charge is 0.465 e. The molecule has 0 aliphatic heterocycles. The van der Waals surface area contributed by atoms with Gasteiger partial charge >= 0.3 is 0 Å². The van der Waals surface area contributed by atoms with E-state index >= 15 is 0 Å². The van der Waals surface area contributed by atoms with Gasteiger partial charge in [-0.1, -0.05) is 0 Å². The number of carbonyl (C=O) groups is 1. The second kappa shape index (κ2) is 6.06. The number of benzene rings is 1. The first kappa shape index (κ1) is 14.5. The summed E-state index contributed by atoms with van der Waals surface area (Å²) in [7, 11) is 0. The number of nitrogens with one attached hydrogen (secondary N) is 2. The first-order valence-corrected chi connectivity index (χ1v) is 6.10. The Kier molecular flexibility index (Phi) is 4.19. The lowest BCUT2D eigenvalue weighted by Gasteiger charge is -2.06. The zero-order valence-electron chi connectivity index (χ0n) is 11.3. The van der Waals surface area contributed by atoms with Crippen molar-refractivity contribution in [2.45, 2.75) is 13.5 Å². The molecule has 8 nitrogen and oxygen atoms in total. The average Bonchev–Trinajstić information content (AvgIpc) is 2.89. The molecule has 21 heavy (non-hydrogen) atoms. The number of hydrazine groups is 1. The smallest absolute Gasteiger partial charge is 0.294 e. The maximum absolute atomic E-state index is 12.0. The van der Waals surface area contributed by atoms with Crippen LogP contribution in [0.3, 0.4) is 0 Å². The molecule has 0 unspecified atom stereocenters. The number of aryl methyl sites for hydroxylation is 1. The highest BCUT2D eigenvalue weighted by molar-refractivity contribution is 5.95. The average molecular weight is 290 g/mol. The predicted octanol–water partition coefficient (Wildman–Crippen LogP) is 1.71. The van der Waals surface area contributed by atoms with Crippen LogP contribution in [-0.2, 0) is 6.54 Å². The topological polar surface area (TPSA) is 123 Å². The summed E-state index contributed by atoms with van der Waals surface area (Å²) in [5, 5.41) is 13.5. The van der Waals surface area contributed by atoms with Crippen molar-refractivity contribution < 1.29 is 14.1 Å². The van der Waals surface area contributed by atoms with Gasteiger partial charge in [0.1, 0.15) is 17.2 Å². The number of nitro groups is 1. The first-order valence-electron chi connectivity index (χ1n) is 6.10. The SMILES string of the molecule is Cc1ccc(CNC(=O)c2ccc(NN)c([N+](=O)[O-])c2)o1. The summed E-state index contributed by atoms with van der Waals surface area (Å²) < 4.78 is 5.32. The second-order valence-electron chi connectivity index (χ2n) is 4.33. The molecule has 4 N–H and O–H groups in total. The van der Waals surface area contributed by atoms with Gasteiger partial charge in [-0.3, -0.25) is 20.8 Å². The molecule has 0 aliphatic carbocycles. The molecule has 8 heteroatoms. The zero-order valence-corrected chi connectivity index (χ0v) is 11.3. The van der Waals surface area contributed by atoms with Crippen LogP contribution < -0.4 is 16.6 Å². The van der Waals surface area contributed by atoms with E-state index in [0.29, 0.717) is 5.76 Å². The molecule has 110 valence electrons. The lowest BCUT2D eigenvalue weighted by atomic mass is 10.1. The van der Waals surface area contributed by atoms with E-state index < -0.39 is 10.8 Å². The molecule has 0 spiro atoms. The number of furan rings is 1. The molecular formula is C13H14N4O4. The number of nitro benzene ring substituents is 1. The molecule has 1 amide bonds. The number of hydrogen-bond donors (Lipinski definition) is 3. The number of nitrogen functional groups attached to an aromatic ring is 1. The van der Waals surface area contributed by atoms with E-state index in [-0.39, 0.29) is 23.5 Å². The zero-order chi connectivity index (χ0) is 15.4. The van der Waals surface area contributed by atoms with E-state index in [1.54, 1.807) is 19.1 Å². The molecular weight excluding hydrogens is 276 g/mol. The van der Waals surface area contributed by atoms with Crippen molar-refractivity contribution in [3.8, 4) is 0 Å². The summed E-state index contributed by atoms with van der Waals surface area (Å²) in [6.45, 7) is 2.00. The molecule has 0 atom stereocenters. The van der Waals surface area contributed by atoms with E-state index in [1.807, 2.05) is 0 Å². The van der Waals surface area contributed by atoms with Gasteiger partial charge in [-0.05, 0) is 31.2 Å². The van der Waals surface area contributed by atoms with E-state index in [1.165, 1.54) is 12.1 Å². The number of hydrogen-bond acceptors (Lipinski definition) is 6. The Morgan fingerprint density at radius 1 is 1.38 bits per heavy atom. The van der Waals surface area contributed by atoms with Crippen molar-refractivity contribution in [3.63, 3.8) is 0 Å². The highest BCUT2D eigenvalue weighted by atomic mass is 16.6. The number of nitrogens with zero attached hydrogens (tertiary/aromatic N) is 1. The van der Waals surface area contributed by atoms with Crippen LogP contribution in [0.25, 0.3) is 0 Å². The fourth-order valence-electron chi connectivity index (χ4n) is 1.80. The van der Waals surface area contributed by atoms with Crippen molar-refractivity contribution in [1.29, 1.82) is 0 Å². The van der Waals surface area contributed by atoms with Crippen LogP contribution in [0.5, 0.6) is 0 Å². The van der Waals surface area contributed by atoms with E-state index in [0.717, 1.165) is 11.8 Å². The molecule has 2 aromatic rings. The minimum absolute atomic E-state index is 0.137. The van der Waals surface area contributed by atoms with E-state index in [9.17, 15) is 14.9 Å². The van der Waals surface area contributed by atoms with Gasteiger partial charge in [0.25, 0.3) is 11.6 Å². The van der Waals surface area contributed by atoms with Gasteiger partial charge in [0.05, 0.1) is 11.5 Å².